The Kier molecular flexibility index (Phi) is 4.81. The number of hydrogen-bond acceptors (Lipinski definition) is 3. The first kappa shape index (κ1) is 17.5. The lowest BCUT2D eigenvalue weighted by atomic mass is 9.85. The van der Waals surface area contributed by atoms with Crippen molar-refractivity contribution in [3.05, 3.63) is 53.6 Å². The van der Waals surface area contributed by atoms with Crippen LogP contribution < -0.4 is 10.0 Å². The molecule has 1 amide bonds. The summed E-state index contributed by atoms with van der Waals surface area (Å²) >= 11 is 0. The van der Waals surface area contributed by atoms with Gasteiger partial charge in [0.05, 0.1) is 4.90 Å². The quantitative estimate of drug-likeness (QED) is 0.852. The molecule has 0 aromatic heterocycles. The van der Waals surface area contributed by atoms with Crippen LogP contribution in [0.4, 0.5) is 11.4 Å². The highest BCUT2D eigenvalue weighted by Crippen LogP contribution is 2.29. The first-order valence-electron chi connectivity index (χ1n) is 8.36. The monoisotopic (exact) mass is 358 g/mol. The summed E-state index contributed by atoms with van der Waals surface area (Å²) < 4.78 is 28.1. The van der Waals surface area contributed by atoms with Crippen LogP contribution in [-0.4, -0.2) is 14.3 Å². The first-order chi connectivity index (χ1) is 11.8. The fourth-order valence-corrected chi connectivity index (χ4v) is 4.12. The van der Waals surface area contributed by atoms with Crippen molar-refractivity contribution in [3.63, 3.8) is 0 Å². The van der Waals surface area contributed by atoms with Crippen molar-refractivity contribution in [2.45, 2.75) is 38.0 Å². The number of anilines is 2. The van der Waals surface area contributed by atoms with Gasteiger partial charge in [0.1, 0.15) is 0 Å². The zero-order valence-electron chi connectivity index (χ0n) is 14.4. The second-order valence-electron chi connectivity index (χ2n) is 6.57. The maximum absolute atomic E-state index is 12.7. The Hall–Kier alpha value is -2.34. The van der Waals surface area contributed by atoms with Gasteiger partial charge in [-0.15, -0.1) is 0 Å². The van der Waals surface area contributed by atoms with E-state index in [0.717, 1.165) is 24.8 Å². The third-order valence-electron chi connectivity index (χ3n) is 4.49. The van der Waals surface area contributed by atoms with Crippen LogP contribution in [0.5, 0.6) is 0 Å². The van der Waals surface area contributed by atoms with Crippen molar-refractivity contribution in [2.24, 2.45) is 5.92 Å². The van der Waals surface area contributed by atoms with Crippen LogP contribution in [0.15, 0.2) is 47.4 Å². The molecule has 0 bridgehead atoms. The Labute approximate surface area is 148 Å². The van der Waals surface area contributed by atoms with E-state index in [-0.39, 0.29) is 16.7 Å². The molecular weight excluding hydrogens is 336 g/mol. The molecule has 0 atom stereocenters. The van der Waals surface area contributed by atoms with E-state index in [1.54, 1.807) is 37.3 Å². The normalized spacial score (nSPS) is 14.6. The summed E-state index contributed by atoms with van der Waals surface area (Å²) in [4.78, 5) is 12.3. The molecule has 1 aliphatic rings. The summed E-state index contributed by atoms with van der Waals surface area (Å²) in [6.45, 7) is 3.64. The number of aryl methyl sites for hydroxylation is 2. The average molecular weight is 358 g/mol. The Morgan fingerprint density at radius 1 is 1.04 bits per heavy atom. The summed E-state index contributed by atoms with van der Waals surface area (Å²) in [5.74, 6) is 0.0110. The molecule has 5 nitrogen and oxygen atoms in total. The fourth-order valence-electron chi connectivity index (χ4n) is 2.80. The molecule has 1 fully saturated rings. The van der Waals surface area contributed by atoms with Crippen LogP contribution in [0.2, 0.25) is 0 Å². The van der Waals surface area contributed by atoms with Gasteiger partial charge in [-0.1, -0.05) is 24.6 Å². The van der Waals surface area contributed by atoms with Gasteiger partial charge >= 0.3 is 0 Å². The van der Waals surface area contributed by atoms with E-state index in [1.807, 2.05) is 13.0 Å². The zero-order chi connectivity index (χ0) is 18.0. The lowest BCUT2D eigenvalue weighted by Gasteiger charge is -2.24. The van der Waals surface area contributed by atoms with Gasteiger partial charge < -0.3 is 5.32 Å². The largest absolute Gasteiger partial charge is 0.326 e. The van der Waals surface area contributed by atoms with Crippen molar-refractivity contribution in [3.8, 4) is 0 Å². The van der Waals surface area contributed by atoms with Crippen LogP contribution in [0, 0.1) is 19.8 Å². The minimum atomic E-state index is -3.73. The Bertz CT molecular complexity index is 903. The molecule has 3 rings (SSSR count). The average Bonchev–Trinajstić information content (AvgIpc) is 2.46. The zero-order valence-corrected chi connectivity index (χ0v) is 15.2. The topological polar surface area (TPSA) is 75.3 Å². The van der Waals surface area contributed by atoms with Crippen LogP contribution in [0.3, 0.4) is 0 Å². The number of amides is 1. The number of benzene rings is 2. The maximum Gasteiger partial charge on any atom is 0.262 e. The third kappa shape index (κ3) is 4.02. The lowest BCUT2D eigenvalue weighted by Crippen LogP contribution is -2.28. The summed E-state index contributed by atoms with van der Waals surface area (Å²) in [7, 11) is -3.73. The minimum absolute atomic E-state index is 0.0369. The van der Waals surface area contributed by atoms with E-state index < -0.39 is 10.0 Å². The smallest absolute Gasteiger partial charge is 0.262 e. The van der Waals surface area contributed by atoms with E-state index in [1.165, 1.54) is 6.07 Å². The maximum atomic E-state index is 12.7. The predicted octanol–water partition coefficient (Wildman–Crippen LogP) is 3.84. The number of rotatable bonds is 5. The molecule has 0 aliphatic heterocycles. The molecule has 0 spiro atoms. The summed E-state index contributed by atoms with van der Waals surface area (Å²) in [6, 6.07) is 12.1. The molecule has 132 valence electrons. The van der Waals surface area contributed by atoms with Crippen LogP contribution >= 0.6 is 0 Å². The SMILES string of the molecule is Cc1cccc(NS(=O)(=O)c2cc(NC(=O)C3CCC3)ccc2C)c1. The van der Waals surface area contributed by atoms with Crippen molar-refractivity contribution in [1.82, 2.24) is 0 Å². The molecule has 2 aromatic rings. The number of carbonyl (C=O) groups is 1. The summed E-state index contributed by atoms with van der Waals surface area (Å²) in [5, 5.41) is 2.83. The molecule has 0 radical (unpaired) electrons. The Morgan fingerprint density at radius 2 is 1.80 bits per heavy atom. The van der Waals surface area contributed by atoms with E-state index in [0.29, 0.717) is 16.9 Å². The third-order valence-corrected chi connectivity index (χ3v) is 6.01. The van der Waals surface area contributed by atoms with Gasteiger partial charge in [-0.2, -0.15) is 0 Å². The van der Waals surface area contributed by atoms with Gasteiger partial charge in [0.15, 0.2) is 0 Å². The Balaban J connectivity index is 1.84. The molecule has 2 aromatic carbocycles. The number of sulfonamides is 1. The van der Waals surface area contributed by atoms with Crippen molar-refractivity contribution < 1.29 is 13.2 Å². The molecule has 6 heteroatoms. The highest BCUT2D eigenvalue weighted by Gasteiger charge is 2.25. The van der Waals surface area contributed by atoms with Gasteiger partial charge in [-0.25, -0.2) is 8.42 Å². The lowest BCUT2D eigenvalue weighted by molar-refractivity contribution is -0.122. The second-order valence-corrected chi connectivity index (χ2v) is 8.22. The molecule has 25 heavy (non-hydrogen) atoms. The van der Waals surface area contributed by atoms with E-state index in [4.69, 9.17) is 0 Å². The van der Waals surface area contributed by atoms with Gasteiger partial charge in [-0.3, -0.25) is 9.52 Å². The van der Waals surface area contributed by atoms with Crippen LogP contribution in [0.1, 0.15) is 30.4 Å². The van der Waals surface area contributed by atoms with Gasteiger partial charge in [-0.05, 0) is 62.1 Å². The van der Waals surface area contributed by atoms with Gasteiger partial charge in [0.2, 0.25) is 5.91 Å². The number of hydrogen-bond donors (Lipinski definition) is 2. The van der Waals surface area contributed by atoms with Gasteiger partial charge in [0.25, 0.3) is 10.0 Å². The molecule has 1 aliphatic carbocycles. The first-order valence-corrected chi connectivity index (χ1v) is 9.84. The molecule has 1 saturated carbocycles. The molecular formula is C19H22N2O3S. The van der Waals surface area contributed by atoms with Crippen LogP contribution in [-0.2, 0) is 14.8 Å². The highest BCUT2D eigenvalue weighted by molar-refractivity contribution is 7.92. The van der Waals surface area contributed by atoms with Crippen molar-refractivity contribution in [1.29, 1.82) is 0 Å². The van der Waals surface area contributed by atoms with Crippen LogP contribution in [0.25, 0.3) is 0 Å². The Morgan fingerprint density at radius 3 is 2.44 bits per heavy atom. The molecule has 0 heterocycles. The summed E-state index contributed by atoms with van der Waals surface area (Å²) in [6.07, 6.45) is 2.88. The molecule has 0 unspecified atom stereocenters. The number of carbonyl (C=O) groups excluding carboxylic acids is 1. The van der Waals surface area contributed by atoms with Crippen molar-refractivity contribution in [2.75, 3.05) is 10.0 Å². The van der Waals surface area contributed by atoms with E-state index in [2.05, 4.69) is 10.0 Å². The standard InChI is InChI=1S/C19H22N2O3S/c1-13-5-3-8-17(11-13)21-25(23,24)18-12-16(10-9-14(18)2)20-19(22)15-6-4-7-15/h3,5,8-12,15,21H,4,6-7H2,1-2H3,(H,20,22). The van der Waals surface area contributed by atoms with Gasteiger partial charge in [0, 0.05) is 17.3 Å². The second kappa shape index (κ2) is 6.88. The van der Waals surface area contributed by atoms with E-state index >= 15 is 0 Å². The molecule has 0 saturated heterocycles. The predicted molar refractivity (Wildman–Crippen MR) is 99.1 cm³/mol. The number of nitrogens with one attached hydrogen (secondary N) is 2. The summed E-state index contributed by atoms with van der Waals surface area (Å²) in [5.41, 5.74) is 2.62. The highest BCUT2D eigenvalue weighted by atomic mass is 32.2. The fraction of sp³-hybridized carbons (Fsp3) is 0.316. The molecule has 2 N–H and O–H groups in total. The minimum Gasteiger partial charge on any atom is -0.326 e. The van der Waals surface area contributed by atoms with Crippen molar-refractivity contribution >= 4 is 27.3 Å². The van der Waals surface area contributed by atoms with E-state index in [9.17, 15) is 13.2 Å².